The molecule has 0 aliphatic rings. The van der Waals surface area contributed by atoms with E-state index in [1.165, 1.54) is 6.07 Å². The molecule has 0 unspecified atom stereocenters. The summed E-state index contributed by atoms with van der Waals surface area (Å²) in [7, 11) is -9.48. The Bertz CT molecular complexity index is 1950. The van der Waals surface area contributed by atoms with Gasteiger partial charge in [0.15, 0.2) is 5.75 Å². The smallest absolute Gasteiger partial charge is 0.296 e. The Balaban J connectivity index is 1.53. The van der Waals surface area contributed by atoms with Crippen LogP contribution < -0.4 is 0 Å². The van der Waals surface area contributed by atoms with Crippen molar-refractivity contribution < 1.29 is 31.0 Å². The number of rotatable bonds is 5. The van der Waals surface area contributed by atoms with Crippen LogP contribution >= 0.6 is 11.3 Å². The molecule has 0 spiro atoms. The predicted molar refractivity (Wildman–Crippen MR) is 139 cm³/mol. The number of hydrogen-bond donors (Lipinski definition) is 3. The highest BCUT2D eigenvalue weighted by Crippen LogP contribution is 2.42. The number of aromatic nitrogens is 1. The number of thiazole rings is 1. The van der Waals surface area contributed by atoms with E-state index >= 15 is 0 Å². The summed E-state index contributed by atoms with van der Waals surface area (Å²) in [4.78, 5) is 3.33. The third kappa shape index (κ3) is 4.95. The maximum atomic E-state index is 12.0. The monoisotopic (exact) mass is 555 g/mol. The lowest BCUT2D eigenvalue weighted by Crippen LogP contribution is -2.00. The van der Waals surface area contributed by atoms with Gasteiger partial charge in [0, 0.05) is 10.9 Å². The molecule has 37 heavy (non-hydrogen) atoms. The van der Waals surface area contributed by atoms with Crippen LogP contribution in [0.4, 0.5) is 11.4 Å². The van der Waals surface area contributed by atoms with Crippen molar-refractivity contribution in [3.8, 4) is 16.3 Å². The minimum absolute atomic E-state index is 0.0372. The van der Waals surface area contributed by atoms with Gasteiger partial charge in [-0.25, -0.2) is 4.98 Å². The summed E-state index contributed by atoms with van der Waals surface area (Å²) in [5, 5.41) is 19.4. The Hall–Kier alpha value is -3.75. The van der Waals surface area contributed by atoms with Gasteiger partial charge in [0.25, 0.3) is 20.2 Å². The van der Waals surface area contributed by atoms with Crippen LogP contribution in [0.5, 0.6) is 5.75 Å². The van der Waals surface area contributed by atoms with E-state index in [1.54, 1.807) is 35.6 Å². The summed E-state index contributed by atoms with van der Waals surface area (Å²) in [6, 6.07) is 17.0. The van der Waals surface area contributed by atoms with E-state index in [2.05, 4.69) is 21.3 Å². The molecule has 13 heteroatoms. The SMILES string of the molecule is Cc1ccc2nc(-c3ccc(N=Nc4c(S(=O)(=O)O)cc5cc(S(=O)(=O)O)ccc5c4O)cc3)sc2c1. The Kier molecular flexibility index (Phi) is 6.04. The molecule has 5 aromatic rings. The summed E-state index contributed by atoms with van der Waals surface area (Å²) >= 11 is 1.54. The number of phenolic OH excluding ortho intramolecular Hbond substituents is 1. The minimum atomic E-state index is -4.89. The molecule has 0 amide bonds. The van der Waals surface area contributed by atoms with Gasteiger partial charge >= 0.3 is 0 Å². The highest BCUT2D eigenvalue weighted by Gasteiger charge is 2.23. The van der Waals surface area contributed by atoms with Crippen molar-refractivity contribution in [3.05, 3.63) is 72.3 Å². The Morgan fingerprint density at radius 1 is 0.838 bits per heavy atom. The van der Waals surface area contributed by atoms with Crippen molar-refractivity contribution in [1.82, 2.24) is 4.98 Å². The van der Waals surface area contributed by atoms with E-state index in [0.717, 1.165) is 44.6 Å². The predicted octanol–water partition coefficient (Wildman–Crippen LogP) is 6.04. The van der Waals surface area contributed by atoms with E-state index < -0.39 is 41.5 Å². The zero-order valence-electron chi connectivity index (χ0n) is 18.9. The molecule has 0 aliphatic carbocycles. The van der Waals surface area contributed by atoms with E-state index in [1.807, 2.05) is 19.1 Å². The van der Waals surface area contributed by atoms with Gasteiger partial charge in [-0.05, 0) is 78.5 Å². The highest BCUT2D eigenvalue weighted by molar-refractivity contribution is 7.86. The van der Waals surface area contributed by atoms with Gasteiger partial charge in [-0.3, -0.25) is 9.11 Å². The number of aromatic hydroxyl groups is 1. The molecular weight excluding hydrogens is 538 g/mol. The van der Waals surface area contributed by atoms with Gasteiger partial charge in [0.1, 0.15) is 15.6 Å². The van der Waals surface area contributed by atoms with Gasteiger partial charge in [-0.1, -0.05) is 6.07 Å². The Morgan fingerprint density at radius 3 is 2.24 bits per heavy atom. The largest absolute Gasteiger partial charge is 0.505 e. The second kappa shape index (κ2) is 8.97. The van der Waals surface area contributed by atoms with E-state index in [0.29, 0.717) is 5.69 Å². The quantitative estimate of drug-likeness (QED) is 0.174. The summed E-state index contributed by atoms with van der Waals surface area (Å²) in [5.41, 5.74) is 2.68. The maximum Gasteiger partial charge on any atom is 0.296 e. The van der Waals surface area contributed by atoms with Crippen LogP contribution in [-0.2, 0) is 20.2 Å². The van der Waals surface area contributed by atoms with E-state index in [4.69, 9.17) is 0 Å². The number of azo groups is 1. The van der Waals surface area contributed by atoms with Gasteiger partial charge < -0.3 is 5.11 Å². The van der Waals surface area contributed by atoms with Crippen molar-refractivity contribution in [1.29, 1.82) is 0 Å². The van der Waals surface area contributed by atoms with Crippen molar-refractivity contribution in [2.24, 2.45) is 10.2 Å². The average Bonchev–Trinajstić information content (AvgIpc) is 3.25. The summed E-state index contributed by atoms with van der Waals surface area (Å²) in [5.74, 6) is -0.642. The maximum absolute atomic E-state index is 12.0. The fraction of sp³-hybridized carbons (Fsp3) is 0.0417. The van der Waals surface area contributed by atoms with E-state index in [9.17, 15) is 31.0 Å². The standard InChI is InChI=1S/C24H17N3O7S3/c1-13-2-9-19-20(10-13)35-24(25-19)14-3-5-16(6-4-14)26-27-22-21(37(32,33)34)12-15-11-17(36(29,30)31)7-8-18(15)23(22)28/h2-12,28H,1H3,(H,29,30,31)(H,32,33,34). The van der Waals surface area contributed by atoms with Gasteiger partial charge in [0.2, 0.25) is 0 Å². The minimum Gasteiger partial charge on any atom is -0.505 e. The third-order valence-electron chi connectivity index (χ3n) is 5.52. The number of fused-ring (bicyclic) bond motifs is 2. The third-order valence-corrected chi connectivity index (χ3v) is 8.31. The molecule has 1 heterocycles. The molecule has 0 saturated carbocycles. The van der Waals surface area contributed by atoms with Crippen LogP contribution in [-0.4, -0.2) is 36.0 Å². The number of phenols is 1. The first-order chi connectivity index (χ1) is 17.4. The zero-order chi connectivity index (χ0) is 26.5. The molecule has 0 saturated heterocycles. The van der Waals surface area contributed by atoms with Crippen LogP contribution in [0.3, 0.4) is 0 Å². The molecule has 1 aromatic heterocycles. The zero-order valence-corrected chi connectivity index (χ0v) is 21.3. The van der Waals surface area contributed by atoms with Crippen molar-refractivity contribution in [3.63, 3.8) is 0 Å². The van der Waals surface area contributed by atoms with Gasteiger partial charge in [-0.2, -0.15) is 21.9 Å². The molecule has 3 N–H and O–H groups in total. The molecule has 4 aromatic carbocycles. The number of benzene rings is 4. The van der Waals surface area contributed by atoms with Gasteiger partial charge in [-0.15, -0.1) is 16.5 Å². The second-order valence-electron chi connectivity index (χ2n) is 8.14. The lowest BCUT2D eigenvalue weighted by Gasteiger charge is -2.09. The van der Waals surface area contributed by atoms with Crippen LogP contribution in [0, 0.1) is 6.92 Å². The first kappa shape index (κ1) is 24.9. The molecule has 0 bridgehead atoms. The van der Waals surface area contributed by atoms with Crippen molar-refractivity contribution in [2.75, 3.05) is 0 Å². The Labute approximate surface area is 215 Å². The fourth-order valence-electron chi connectivity index (χ4n) is 3.72. The number of hydrogen-bond acceptors (Lipinski definition) is 9. The molecule has 0 aliphatic heterocycles. The molecule has 5 rings (SSSR count). The molecule has 0 radical (unpaired) electrons. The first-order valence-corrected chi connectivity index (χ1v) is 14.2. The van der Waals surface area contributed by atoms with Crippen LogP contribution in [0.15, 0.2) is 86.7 Å². The molecule has 10 nitrogen and oxygen atoms in total. The summed E-state index contributed by atoms with van der Waals surface area (Å²) in [6.45, 7) is 2.01. The lowest BCUT2D eigenvalue weighted by atomic mass is 10.1. The fourth-order valence-corrected chi connectivity index (χ4v) is 5.96. The molecule has 0 fully saturated rings. The topological polar surface area (TPSA) is 167 Å². The number of aryl methyl sites for hydroxylation is 1. The Morgan fingerprint density at radius 2 is 1.57 bits per heavy atom. The second-order valence-corrected chi connectivity index (χ2v) is 12.0. The van der Waals surface area contributed by atoms with Crippen molar-refractivity contribution in [2.45, 2.75) is 16.7 Å². The molecular formula is C24H17N3O7S3. The normalized spacial score (nSPS) is 12.6. The average molecular weight is 556 g/mol. The summed E-state index contributed by atoms with van der Waals surface area (Å²) in [6.07, 6.45) is 0. The van der Waals surface area contributed by atoms with Crippen molar-refractivity contribution >= 4 is 63.9 Å². The number of nitrogens with zero attached hydrogens (tertiary/aromatic N) is 3. The summed E-state index contributed by atoms with van der Waals surface area (Å²) < 4.78 is 66.9. The molecule has 188 valence electrons. The van der Waals surface area contributed by atoms with Crippen LogP contribution in [0.25, 0.3) is 31.6 Å². The highest BCUT2D eigenvalue weighted by atomic mass is 32.2. The van der Waals surface area contributed by atoms with E-state index in [-0.39, 0.29) is 10.8 Å². The van der Waals surface area contributed by atoms with Gasteiger partial charge in [0.05, 0.1) is 20.8 Å². The molecule has 0 atom stereocenters. The first-order valence-electron chi connectivity index (χ1n) is 10.5. The van der Waals surface area contributed by atoms with Crippen LogP contribution in [0.2, 0.25) is 0 Å². The lowest BCUT2D eigenvalue weighted by molar-refractivity contribution is 0.472. The van der Waals surface area contributed by atoms with Crippen LogP contribution in [0.1, 0.15) is 5.56 Å².